The molecule has 0 unspecified atom stereocenters. The number of hydrogen-bond acceptors (Lipinski definition) is 5. The largest absolute Gasteiger partial charge is 0.317 e. The van der Waals surface area contributed by atoms with E-state index in [1.54, 1.807) is 22.7 Å². The topological polar surface area (TPSA) is 45.2 Å². The lowest BCUT2D eigenvalue weighted by atomic mass is 10.0. The van der Waals surface area contributed by atoms with Crippen LogP contribution in [-0.2, 0) is 17.8 Å². The van der Waals surface area contributed by atoms with Crippen LogP contribution in [-0.4, -0.2) is 29.4 Å². The fourth-order valence-electron chi connectivity index (χ4n) is 3.38. The molecule has 0 atom stereocenters. The van der Waals surface area contributed by atoms with Crippen molar-refractivity contribution in [3.05, 3.63) is 34.7 Å². The molecule has 5 rings (SSSR count). The fraction of sp³-hybridized carbons (Fsp3) is 0.368. The van der Waals surface area contributed by atoms with Crippen LogP contribution in [0, 0.1) is 5.92 Å². The van der Waals surface area contributed by atoms with Gasteiger partial charge in [0, 0.05) is 29.4 Å². The molecular formula is C19H20ClN3OS2. The molecule has 136 valence electrons. The van der Waals surface area contributed by atoms with E-state index in [1.165, 1.54) is 20.7 Å². The molecule has 1 aromatic carbocycles. The highest BCUT2D eigenvalue weighted by Gasteiger charge is 2.32. The van der Waals surface area contributed by atoms with E-state index in [-0.39, 0.29) is 24.2 Å². The Balaban J connectivity index is 0.00000168. The maximum absolute atomic E-state index is 12.4. The Morgan fingerprint density at radius 1 is 1.27 bits per heavy atom. The van der Waals surface area contributed by atoms with Gasteiger partial charge in [0.25, 0.3) is 0 Å². The van der Waals surface area contributed by atoms with Gasteiger partial charge in [-0.15, -0.1) is 35.1 Å². The van der Waals surface area contributed by atoms with E-state index in [0.717, 1.165) is 47.9 Å². The first-order valence-electron chi connectivity index (χ1n) is 8.69. The molecule has 7 heteroatoms. The maximum atomic E-state index is 12.4. The summed E-state index contributed by atoms with van der Waals surface area (Å²) in [6.45, 7) is 2.01. The number of amides is 1. The summed E-state index contributed by atoms with van der Waals surface area (Å²) in [4.78, 5) is 21.0. The first-order valence-corrected chi connectivity index (χ1v) is 10.3. The predicted octanol–water partition coefficient (Wildman–Crippen LogP) is 4.78. The Labute approximate surface area is 166 Å². The molecule has 3 aromatic rings. The number of rotatable bonds is 3. The van der Waals surface area contributed by atoms with Gasteiger partial charge in [-0.2, -0.15) is 0 Å². The highest BCUT2D eigenvalue weighted by atomic mass is 35.5. The second kappa shape index (κ2) is 6.93. The van der Waals surface area contributed by atoms with E-state index < -0.39 is 0 Å². The van der Waals surface area contributed by atoms with Gasteiger partial charge in [-0.1, -0.05) is 12.1 Å². The molecule has 1 fully saturated rings. The SMILES string of the molecule is CN1CCc2c(sc(NC(=O)C3CC3)c2-c2nc3ccccc3s2)C1.Cl. The van der Waals surface area contributed by atoms with Crippen LogP contribution < -0.4 is 5.32 Å². The number of aromatic nitrogens is 1. The summed E-state index contributed by atoms with van der Waals surface area (Å²) >= 11 is 3.46. The Morgan fingerprint density at radius 3 is 2.85 bits per heavy atom. The molecule has 1 N–H and O–H groups in total. The Bertz CT molecular complexity index is 943. The van der Waals surface area contributed by atoms with Gasteiger partial charge in [0.1, 0.15) is 10.0 Å². The van der Waals surface area contributed by atoms with Crippen LogP contribution in [0.3, 0.4) is 0 Å². The van der Waals surface area contributed by atoms with Crippen molar-refractivity contribution in [2.75, 3.05) is 18.9 Å². The van der Waals surface area contributed by atoms with E-state index in [1.807, 2.05) is 6.07 Å². The lowest BCUT2D eigenvalue weighted by Crippen LogP contribution is -2.25. The first kappa shape index (κ1) is 17.9. The molecule has 1 aliphatic heterocycles. The van der Waals surface area contributed by atoms with Gasteiger partial charge in [-0.3, -0.25) is 4.79 Å². The van der Waals surface area contributed by atoms with E-state index in [0.29, 0.717) is 0 Å². The number of carbonyl (C=O) groups is 1. The Hall–Kier alpha value is -1.47. The third-order valence-electron chi connectivity index (χ3n) is 4.94. The number of thiazole rings is 1. The van der Waals surface area contributed by atoms with Crippen LogP contribution in [0.1, 0.15) is 23.3 Å². The Morgan fingerprint density at radius 2 is 2.08 bits per heavy atom. The molecule has 0 spiro atoms. The second-order valence-electron chi connectivity index (χ2n) is 6.95. The van der Waals surface area contributed by atoms with Crippen molar-refractivity contribution >= 4 is 56.2 Å². The summed E-state index contributed by atoms with van der Waals surface area (Å²) < 4.78 is 1.20. The van der Waals surface area contributed by atoms with Gasteiger partial charge in [-0.05, 0) is 44.0 Å². The third-order valence-corrected chi connectivity index (χ3v) is 7.13. The number of fused-ring (bicyclic) bond motifs is 2. The molecular weight excluding hydrogens is 386 g/mol. The van der Waals surface area contributed by atoms with Crippen molar-refractivity contribution < 1.29 is 4.79 Å². The normalized spacial score (nSPS) is 17.0. The smallest absolute Gasteiger partial charge is 0.228 e. The van der Waals surface area contributed by atoms with E-state index in [2.05, 4.69) is 35.5 Å². The van der Waals surface area contributed by atoms with Gasteiger partial charge >= 0.3 is 0 Å². The molecule has 1 saturated carbocycles. The third kappa shape index (κ3) is 3.16. The molecule has 26 heavy (non-hydrogen) atoms. The number of anilines is 1. The fourth-order valence-corrected chi connectivity index (χ4v) is 5.83. The van der Waals surface area contributed by atoms with Crippen LogP contribution in [0.4, 0.5) is 5.00 Å². The highest BCUT2D eigenvalue weighted by Crippen LogP contribution is 2.46. The van der Waals surface area contributed by atoms with Gasteiger partial charge in [0.05, 0.1) is 10.2 Å². The minimum Gasteiger partial charge on any atom is -0.317 e. The van der Waals surface area contributed by atoms with Crippen LogP contribution in [0.25, 0.3) is 20.8 Å². The van der Waals surface area contributed by atoms with E-state index in [4.69, 9.17) is 4.98 Å². The zero-order valence-electron chi connectivity index (χ0n) is 14.4. The van der Waals surface area contributed by atoms with Gasteiger partial charge < -0.3 is 10.2 Å². The quantitative estimate of drug-likeness (QED) is 0.681. The van der Waals surface area contributed by atoms with Crippen LogP contribution in [0.5, 0.6) is 0 Å². The van der Waals surface area contributed by atoms with Crippen LogP contribution >= 0.6 is 35.1 Å². The molecule has 2 aromatic heterocycles. The summed E-state index contributed by atoms with van der Waals surface area (Å²) in [7, 11) is 2.16. The lowest BCUT2D eigenvalue weighted by molar-refractivity contribution is -0.117. The number of thiophene rings is 1. The number of hydrogen-bond donors (Lipinski definition) is 1. The van der Waals surface area contributed by atoms with Crippen molar-refractivity contribution in [1.29, 1.82) is 0 Å². The average Bonchev–Trinajstić information content (AvgIpc) is 3.27. The number of benzene rings is 1. The van der Waals surface area contributed by atoms with Crippen LogP contribution in [0.2, 0.25) is 0 Å². The molecule has 0 bridgehead atoms. The number of para-hydroxylation sites is 1. The molecule has 4 nitrogen and oxygen atoms in total. The Kier molecular flexibility index (Phi) is 4.77. The van der Waals surface area contributed by atoms with Crippen LogP contribution in [0.15, 0.2) is 24.3 Å². The minimum atomic E-state index is 0. The average molecular weight is 406 g/mol. The number of likely N-dealkylation sites (N-methyl/N-ethyl adjacent to an activating group) is 1. The van der Waals surface area contributed by atoms with Crippen molar-refractivity contribution in [1.82, 2.24) is 9.88 Å². The van der Waals surface area contributed by atoms with Crippen molar-refractivity contribution in [3.8, 4) is 10.6 Å². The summed E-state index contributed by atoms with van der Waals surface area (Å²) in [5, 5.41) is 5.25. The zero-order valence-corrected chi connectivity index (χ0v) is 16.9. The summed E-state index contributed by atoms with van der Waals surface area (Å²) in [5.41, 5.74) is 3.59. The van der Waals surface area contributed by atoms with Gasteiger partial charge in [0.2, 0.25) is 5.91 Å². The van der Waals surface area contributed by atoms with Gasteiger partial charge in [0.15, 0.2) is 0 Å². The molecule has 2 aliphatic rings. The van der Waals surface area contributed by atoms with Crippen molar-refractivity contribution in [2.24, 2.45) is 5.92 Å². The molecule has 1 aliphatic carbocycles. The second-order valence-corrected chi connectivity index (χ2v) is 9.08. The molecule has 1 amide bonds. The molecule has 3 heterocycles. The molecule has 0 radical (unpaired) electrons. The van der Waals surface area contributed by atoms with E-state index in [9.17, 15) is 4.79 Å². The lowest BCUT2D eigenvalue weighted by Gasteiger charge is -2.22. The standard InChI is InChI=1S/C19H19N3OS2.ClH/c1-22-9-8-12-15(10-22)25-19(21-17(23)11-6-7-11)16(12)18-20-13-4-2-3-5-14(13)24-18;/h2-5,11H,6-10H2,1H3,(H,21,23);1H. The number of halogens is 1. The van der Waals surface area contributed by atoms with E-state index >= 15 is 0 Å². The number of carbonyl (C=O) groups excluding carboxylic acids is 1. The van der Waals surface area contributed by atoms with Crippen molar-refractivity contribution in [2.45, 2.75) is 25.8 Å². The molecule has 0 saturated heterocycles. The minimum absolute atomic E-state index is 0. The van der Waals surface area contributed by atoms with Gasteiger partial charge in [-0.25, -0.2) is 4.98 Å². The summed E-state index contributed by atoms with van der Waals surface area (Å²) in [6.07, 6.45) is 3.07. The van der Waals surface area contributed by atoms with Crippen molar-refractivity contribution in [3.63, 3.8) is 0 Å². The summed E-state index contributed by atoms with van der Waals surface area (Å²) in [5.74, 6) is 0.388. The summed E-state index contributed by atoms with van der Waals surface area (Å²) in [6, 6.07) is 8.26. The number of nitrogens with one attached hydrogen (secondary N) is 1. The monoisotopic (exact) mass is 405 g/mol. The predicted molar refractivity (Wildman–Crippen MR) is 112 cm³/mol. The zero-order chi connectivity index (χ0) is 17.0. The first-order chi connectivity index (χ1) is 12.2. The number of nitrogens with zero attached hydrogens (tertiary/aromatic N) is 2. The maximum Gasteiger partial charge on any atom is 0.228 e. The highest BCUT2D eigenvalue weighted by molar-refractivity contribution is 7.22.